The standard InChI is InChI=1S/C58H36N6/c59-37-38-23-25-40(26-24-38)57-60-56(39-13-4-1-5-14-39)61-58(62-57)45-16-12-15-41(33-45)44-27-30-49-51-35-43(29-32-54(51)64(55(49)36-44)47-19-8-3-9-20-47)42-28-31-53-50(34-42)48-21-10-11-22-52(48)63(53)46-17-6-2-7-18-46/h1-36H. The van der Waals surface area contributed by atoms with E-state index in [1.807, 2.05) is 48.5 Å². The molecule has 0 spiro atoms. The fourth-order valence-corrected chi connectivity index (χ4v) is 9.13. The molecule has 0 saturated carbocycles. The van der Waals surface area contributed by atoms with Crippen LogP contribution < -0.4 is 0 Å². The van der Waals surface area contributed by atoms with Crippen LogP contribution in [0.3, 0.4) is 0 Å². The molecule has 12 aromatic rings. The zero-order valence-corrected chi connectivity index (χ0v) is 34.5. The van der Waals surface area contributed by atoms with E-state index in [1.165, 1.54) is 43.7 Å². The lowest BCUT2D eigenvalue weighted by Crippen LogP contribution is -2.00. The monoisotopic (exact) mass is 816 g/mol. The van der Waals surface area contributed by atoms with Gasteiger partial charge in [0.15, 0.2) is 17.5 Å². The third kappa shape index (κ3) is 6.31. The van der Waals surface area contributed by atoms with Crippen LogP contribution in [-0.4, -0.2) is 24.1 Å². The molecule has 6 nitrogen and oxygen atoms in total. The minimum Gasteiger partial charge on any atom is -0.309 e. The molecule has 64 heavy (non-hydrogen) atoms. The molecule has 0 aliphatic heterocycles. The molecule has 0 unspecified atom stereocenters. The van der Waals surface area contributed by atoms with Crippen LogP contribution in [0.5, 0.6) is 0 Å². The summed E-state index contributed by atoms with van der Waals surface area (Å²) in [7, 11) is 0. The van der Waals surface area contributed by atoms with Crippen LogP contribution in [0.25, 0.3) is 111 Å². The first kappa shape index (κ1) is 36.9. The topological polar surface area (TPSA) is 72.3 Å². The fourth-order valence-electron chi connectivity index (χ4n) is 9.13. The van der Waals surface area contributed by atoms with E-state index in [1.54, 1.807) is 12.1 Å². The van der Waals surface area contributed by atoms with Crippen LogP contribution >= 0.6 is 0 Å². The number of benzene rings is 9. The van der Waals surface area contributed by atoms with E-state index >= 15 is 0 Å². The van der Waals surface area contributed by atoms with Crippen LogP contribution in [-0.2, 0) is 0 Å². The van der Waals surface area contributed by atoms with Gasteiger partial charge in [-0.2, -0.15) is 5.26 Å². The first-order valence-corrected chi connectivity index (χ1v) is 21.3. The molecule has 0 aliphatic carbocycles. The van der Waals surface area contributed by atoms with E-state index < -0.39 is 0 Å². The molecule has 0 bridgehead atoms. The molecular formula is C58H36N6. The van der Waals surface area contributed by atoms with Crippen LogP contribution in [0.4, 0.5) is 0 Å². The minimum absolute atomic E-state index is 0.547. The Morgan fingerprint density at radius 1 is 0.297 bits per heavy atom. The number of nitrogens with zero attached hydrogens (tertiary/aromatic N) is 6. The number of hydrogen-bond acceptors (Lipinski definition) is 4. The van der Waals surface area contributed by atoms with E-state index in [0.717, 1.165) is 50.2 Å². The lowest BCUT2D eigenvalue weighted by molar-refractivity contribution is 1.07. The highest BCUT2D eigenvalue weighted by atomic mass is 15.0. The second kappa shape index (κ2) is 15.2. The summed E-state index contributed by atoms with van der Waals surface area (Å²) >= 11 is 0. The third-order valence-electron chi connectivity index (χ3n) is 12.2. The van der Waals surface area contributed by atoms with Crippen molar-refractivity contribution in [1.82, 2.24) is 24.1 Å². The maximum Gasteiger partial charge on any atom is 0.164 e. The summed E-state index contributed by atoms with van der Waals surface area (Å²) < 4.78 is 4.74. The summed E-state index contributed by atoms with van der Waals surface area (Å²) in [5.41, 5.74) is 14.6. The van der Waals surface area contributed by atoms with E-state index in [2.05, 4.69) is 173 Å². The SMILES string of the molecule is N#Cc1ccc(-c2nc(-c3ccccc3)nc(-c3cccc(-c4ccc5c6cc(-c7ccc8c(c7)c7ccccc7n8-c7ccccc7)ccc6n(-c6ccccc6)c5c4)c3)n2)cc1. The first-order valence-electron chi connectivity index (χ1n) is 21.3. The third-order valence-corrected chi connectivity index (χ3v) is 12.2. The van der Waals surface area contributed by atoms with Gasteiger partial charge in [-0.05, 0) is 113 Å². The van der Waals surface area contributed by atoms with Gasteiger partial charge in [-0.3, -0.25) is 0 Å². The van der Waals surface area contributed by atoms with Gasteiger partial charge in [-0.15, -0.1) is 0 Å². The maximum atomic E-state index is 9.42. The largest absolute Gasteiger partial charge is 0.309 e. The maximum absolute atomic E-state index is 9.42. The van der Waals surface area contributed by atoms with Crippen molar-refractivity contribution in [3.8, 4) is 73.9 Å². The molecule has 3 heterocycles. The van der Waals surface area contributed by atoms with E-state index in [0.29, 0.717) is 23.0 Å². The molecule has 0 N–H and O–H groups in total. The Kier molecular flexibility index (Phi) is 8.77. The Balaban J connectivity index is 0.981. The molecule has 12 rings (SSSR count). The zero-order chi connectivity index (χ0) is 42.6. The van der Waals surface area contributed by atoms with Crippen molar-refractivity contribution in [3.63, 3.8) is 0 Å². The van der Waals surface area contributed by atoms with Gasteiger partial charge >= 0.3 is 0 Å². The summed E-state index contributed by atoms with van der Waals surface area (Å²) in [5.74, 6) is 1.71. The normalized spacial score (nSPS) is 11.4. The highest BCUT2D eigenvalue weighted by Gasteiger charge is 2.18. The highest BCUT2D eigenvalue weighted by molar-refractivity contribution is 6.13. The van der Waals surface area contributed by atoms with Gasteiger partial charge in [0.05, 0.1) is 33.7 Å². The molecule has 0 radical (unpaired) electrons. The van der Waals surface area contributed by atoms with Crippen LogP contribution in [0, 0.1) is 11.3 Å². The summed E-state index contributed by atoms with van der Waals surface area (Å²) in [5, 5.41) is 14.3. The predicted octanol–water partition coefficient (Wildman–Crippen LogP) is 14.3. The molecule has 0 atom stereocenters. The summed E-state index contributed by atoms with van der Waals surface area (Å²) in [6.45, 7) is 0. The Morgan fingerprint density at radius 3 is 1.34 bits per heavy atom. The van der Waals surface area contributed by atoms with Crippen molar-refractivity contribution in [2.45, 2.75) is 0 Å². The van der Waals surface area contributed by atoms with Crippen LogP contribution in [0.15, 0.2) is 218 Å². The Morgan fingerprint density at radius 2 is 0.719 bits per heavy atom. The van der Waals surface area contributed by atoms with E-state index in [9.17, 15) is 5.26 Å². The number of para-hydroxylation sites is 3. The minimum atomic E-state index is 0.547. The number of nitriles is 1. The molecule has 0 saturated heterocycles. The van der Waals surface area contributed by atoms with Crippen molar-refractivity contribution in [2.75, 3.05) is 0 Å². The molecule has 0 fully saturated rings. The molecule has 3 aromatic heterocycles. The molecule has 298 valence electrons. The Labute approximate surface area is 369 Å². The van der Waals surface area contributed by atoms with Crippen molar-refractivity contribution in [2.24, 2.45) is 0 Å². The number of rotatable bonds is 7. The lowest BCUT2D eigenvalue weighted by atomic mass is 9.99. The second-order valence-corrected chi connectivity index (χ2v) is 16.0. The van der Waals surface area contributed by atoms with Gasteiger partial charge in [-0.25, -0.2) is 15.0 Å². The Bertz CT molecular complexity index is 3770. The second-order valence-electron chi connectivity index (χ2n) is 16.0. The van der Waals surface area contributed by atoms with Crippen molar-refractivity contribution in [3.05, 3.63) is 224 Å². The highest BCUT2D eigenvalue weighted by Crippen LogP contribution is 2.40. The van der Waals surface area contributed by atoms with Crippen LogP contribution in [0.1, 0.15) is 5.56 Å². The molecule has 6 heteroatoms. The number of fused-ring (bicyclic) bond motifs is 6. The number of aromatic nitrogens is 5. The summed E-state index contributed by atoms with van der Waals surface area (Å²) in [6.07, 6.45) is 0. The lowest BCUT2D eigenvalue weighted by Gasteiger charge is -2.11. The summed E-state index contributed by atoms with van der Waals surface area (Å²) in [6, 6.07) is 78.4. The predicted molar refractivity (Wildman–Crippen MR) is 260 cm³/mol. The van der Waals surface area contributed by atoms with Gasteiger partial charge < -0.3 is 9.13 Å². The molecule has 0 aliphatic rings. The van der Waals surface area contributed by atoms with Gasteiger partial charge in [0.2, 0.25) is 0 Å². The van der Waals surface area contributed by atoms with Gasteiger partial charge in [-0.1, -0.05) is 127 Å². The number of hydrogen-bond donors (Lipinski definition) is 0. The first-order chi connectivity index (χ1) is 31.7. The van der Waals surface area contributed by atoms with Gasteiger partial charge in [0.25, 0.3) is 0 Å². The van der Waals surface area contributed by atoms with E-state index in [4.69, 9.17) is 15.0 Å². The molecule has 9 aromatic carbocycles. The van der Waals surface area contributed by atoms with Crippen LogP contribution in [0.2, 0.25) is 0 Å². The van der Waals surface area contributed by atoms with Crippen molar-refractivity contribution < 1.29 is 0 Å². The van der Waals surface area contributed by atoms with Crippen molar-refractivity contribution in [1.29, 1.82) is 5.26 Å². The average molecular weight is 817 g/mol. The quantitative estimate of drug-likeness (QED) is 0.161. The smallest absolute Gasteiger partial charge is 0.164 e. The Hall–Kier alpha value is -8.92. The van der Waals surface area contributed by atoms with Crippen molar-refractivity contribution >= 4 is 43.6 Å². The van der Waals surface area contributed by atoms with E-state index in [-0.39, 0.29) is 0 Å². The van der Waals surface area contributed by atoms with Gasteiger partial charge in [0.1, 0.15) is 0 Å². The summed E-state index contributed by atoms with van der Waals surface area (Å²) in [4.78, 5) is 14.9. The molecule has 0 amide bonds. The zero-order valence-electron chi connectivity index (χ0n) is 34.5. The van der Waals surface area contributed by atoms with Gasteiger partial charge in [0, 0.05) is 49.6 Å². The average Bonchev–Trinajstić information content (AvgIpc) is 3.89. The molecular weight excluding hydrogens is 781 g/mol. The fraction of sp³-hybridized carbons (Fsp3) is 0.